The van der Waals surface area contributed by atoms with Crippen LogP contribution in [0.15, 0.2) is 22.9 Å². The maximum Gasteiger partial charge on any atom is 0.107 e. The number of thiazole rings is 1. The van der Waals surface area contributed by atoms with Crippen LogP contribution in [0.3, 0.4) is 0 Å². The van der Waals surface area contributed by atoms with E-state index in [9.17, 15) is 0 Å². The first-order chi connectivity index (χ1) is 8.90. The summed E-state index contributed by atoms with van der Waals surface area (Å²) in [6.45, 7) is 2.20. The Kier molecular flexibility index (Phi) is 4.05. The molecule has 1 fully saturated rings. The highest BCUT2D eigenvalue weighted by atomic mass is 32.1. The number of aromatic nitrogens is 1. The first-order valence-corrected chi connectivity index (χ1v) is 7.93. The summed E-state index contributed by atoms with van der Waals surface area (Å²) in [6, 6.07) is 4.89. The molecule has 0 saturated heterocycles. The molecule has 2 heterocycles. The Morgan fingerprint density at radius 2 is 2.28 bits per heavy atom. The van der Waals surface area contributed by atoms with Crippen LogP contribution in [0.25, 0.3) is 0 Å². The quantitative estimate of drug-likeness (QED) is 0.846. The zero-order chi connectivity index (χ0) is 12.2. The van der Waals surface area contributed by atoms with Gasteiger partial charge in [0.25, 0.3) is 0 Å². The molecule has 2 aromatic rings. The third kappa shape index (κ3) is 3.62. The lowest BCUT2D eigenvalue weighted by Crippen LogP contribution is -2.15. The number of ether oxygens (including phenoxy) is 1. The summed E-state index contributed by atoms with van der Waals surface area (Å²) >= 11 is 3.44. The van der Waals surface area contributed by atoms with Crippen LogP contribution in [-0.4, -0.2) is 11.0 Å². The van der Waals surface area contributed by atoms with Gasteiger partial charge in [0, 0.05) is 22.8 Å². The minimum absolute atomic E-state index is 0.609. The number of hydrogen-bond donors (Lipinski definition) is 1. The Bertz CT molecular complexity index is 477. The van der Waals surface area contributed by atoms with Gasteiger partial charge in [0.2, 0.25) is 0 Å². The molecular weight excluding hydrogens is 264 g/mol. The first kappa shape index (κ1) is 12.3. The fraction of sp³-hybridized carbons (Fsp3) is 0.462. The number of nitrogens with zero attached hydrogens (tertiary/aromatic N) is 1. The number of hydrogen-bond acceptors (Lipinski definition) is 5. The van der Waals surface area contributed by atoms with E-state index in [1.54, 1.807) is 22.7 Å². The van der Waals surface area contributed by atoms with E-state index in [0.717, 1.165) is 23.3 Å². The van der Waals surface area contributed by atoms with Crippen molar-refractivity contribution in [3.63, 3.8) is 0 Å². The fourth-order valence-electron chi connectivity index (χ4n) is 1.67. The smallest absolute Gasteiger partial charge is 0.107 e. The minimum atomic E-state index is 0.609. The van der Waals surface area contributed by atoms with Crippen LogP contribution in [-0.2, 0) is 24.5 Å². The van der Waals surface area contributed by atoms with E-state index in [1.165, 1.54) is 17.7 Å². The van der Waals surface area contributed by atoms with Crippen LogP contribution >= 0.6 is 22.7 Å². The lowest BCUT2D eigenvalue weighted by Gasteiger charge is -1.99. The molecule has 1 aliphatic rings. The third-order valence-corrected chi connectivity index (χ3v) is 4.54. The van der Waals surface area contributed by atoms with Gasteiger partial charge in [0.1, 0.15) is 5.01 Å². The zero-order valence-corrected chi connectivity index (χ0v) is 11.7. The number of thiophene rings is 1. The van der Waals surface area contributed by atoms with E-state index in [-0.39, 0.29) is 0 Å². The Morgan fingerprint density at radius 1 is 1.33 bits per heavy atom. The normalized spacial score (nSPS) is 15.1. The second-order valence-electron chi connectivity index (χ2n) is 4.46. The fourth-order valence-corrected chi connectivity index (χ4v) is 3.04. The van der Waals surface area contributed by atoms with Crippen molar-refractivity contribution in [1.29, 1.82) is 0 Å². The van der Waals surface area contributed by atoms with Crippen molar-refractivity contribution < 1.29 is 4.74 Å². The highest BCUT2D eigenvalue weighted by Gasteiger charge is 2.20. The monoisotopic (exact) mass is 280 g/mol. The molecular formula is C13H16N2OS2. The highest BCUT2D eigenvalue weighted by Crippen LogP contribution is 2.20. The number of nitrogens with one attached hydrogen (secondary N) is 1. The van der Waals surface area contributed by atoms with Gasteiger partial charge in [-0.2, -0.15) is 0 Å². The Morgan fingerprint density at radius 3 is 3.06 bits per heavy atom. The average Bonchev–Trinajstić information content (AvgIpc) is 2.89. The molecule has 0 aliphatic heterocycles. The third-order valence-electron chi connectivity index (χ3n) is 2.79. The van der Waals surface area contributed by atoms with Crippen molar-refractivity contribution in [1.82, 2.24) is 10.3 Å². The van der Waals surface area contributed by atoms with Crippen LogP contribution in [0.5, 0.6) is 0 Å². The Balaban J connectivity index is 1.41. The average molecular weight is 280 g/mol. The van der Waals surface area contributed by atoms with Gasteiger partial charge in [-0.15, -0.1) is 22.7 Å². The standard InChI is InChI=1S/C13H16N2OS2/c1-2-12(17-5-1)8-16-7-11-9-18-13(15-11)6-14-10-3-4-10/h1-2,5,9-10,14H,3-4,6-8H2. The van der Waals surface area contributed by atoms with Crippen LogP contribution in [0.4, 0.5) is 0 Å². The summed E-state index contributed by atoms with van der Waals surface area (Å²) in [4.78, 5) is 5.83. The molecule has 1 N–H and O–H groups in total. The zero-order valence-electron chi connectivity index (χ0n) is 10.1. The largest absolute Gasteiger partial charge is 0.370 e. The molecule has 0 radical (unpaired) electrons. The van der Waals surface area contributed by atoms with Crippen molar-refractivity contribution in [2.24, 2.45) is 0 Å². The lowest BCUT2D eigenvalue weighted by atomic mass is 10.5. The van der Waals surface area contributed by atoms with E-state index in [4.69, 9.17) is 4.74 Å². The lowest BCUT2D eigenvalue weighted by molar-refractivity contribution is 0.107. The van der Waals surface area contributed by atoms with Gasteiger partial charge in [-0.1, -0.05) is 6.07 Å². The van der Waals surface area contributed by atoms with Crippen LogP contribution < -0.4 is 5.32 Å². The summed E-state index contributed by atoms with van der Waals surface area (Å²) < 4.78 is 5.65. The van der Waals surface area contributed by atoms with Crippen molar-refractivity contribution in [2.45, 2.75) is 38.6 Å². The molecule has 0 amide bonds. The second kappa shape index (κ2) is 5.93. The van der Waals surface area contributed by atoms with E-state index in [2.05, 4.69) is 27.1 Å². The van der Waals surface area contributed by atoms with Crippen LogP contribution in [0.2, 0.25) is 0 Å². The van der Waals surface area contributed by atoms with E-state index < -0.39 is 0 Å². The van der Waals surface area contributed by atoms with Crippen molar-refractivity contribution >= 4 is 22.7 Å². The molecule has 1 aliphatic carbocycles. The molecule has 1 saturated carbocycles. The summed E-state index contributed by atoms with van der Waals surface area (Å²) in [5, 5.41) is 8.81. The maximum absolute atomic E-state index is 5.65. The molecule has 0 bridgehead atoms. The molecule has 96 valence electrons. The van der Waals surface area contributed by atoms with Gasteiger partial charge in [-0.3, -0.25) is 0 Å². The number of rotatable bonds is 7. The van der Waals surface area contributed by atoms with Crippen molar-refractivity contribution in [3.05, 3.63) is 38.5 Å². The Hall–Kier alpha value is -0.750. The predicted molar refractivity (Wildman–Crippen MR) is 74.8 cm³/mol. The molecule has 5 heteroatoms. The summed E-state index contributed by atoms with van der Waals surface area (Å²) in [5.74, 6) is 0. The summed E-state index contributed by atoms with van der Waals surface area (Å²) in [6.07, 6.45) is 2.64. The maximum atomic E-state index is 5.65. The van der Waals surface area contributed by atoms with Gasteiger partial charge in [-0.25, -0.2) is 4.98 Å². The molecule has 3 rings (SSSR count). The molecule has 2 aromatic heterocycles. The summed E-state index contributed by atoms with van der Waals surface area (Å²) in [7, 11) is 0. The molecule has 0 unspecified atom stereocenters. The van der Waals surface area contributed by atoms with Gasteiger partial charge in [0.05, 0.1) is 18.9 Å². The molecule has 0 aromatic carbocycles. The van der Waals surface area contributed by atoms with Gasteiger partial charge in [0.15, 0.2) is 0 Å². The van der Waals surface area contributed by atoms with Crippen molar-refractivity contribution in [3.8, 4) is 0 Å². The van der Waals surface area contributed by atoms with E-state index in [0.29, 0.717) is 13.2 Å². The molecule has 0 atom stereocenters. The topological polar surface area (TPSA) is 34.1 Å². The molecule has 18 heavy (non-hydrogen) atoms. The van der Waals surface area contributed by atoms with E-state index in [1.807, 2.05) is 6.07 Å². The minimum Gasteiger partial charge on any atom is -0.370 e. The van der Waals surface area contributed by atoms with Gasteiger partial charge >= 0.3 is 0 Å². The van der Waals surface area contributed by atoms with Crippen molar-refractivity contribution in [2.75, 3.05) is 0 Å². The van der Waals surface area contributed by atoms with Gasteiger partial charge in [-0.05, 0) is 24.3 Å². The summed E-state index contributed by atoms with van der Waals surface area (Å²) in [5.41, 5.74) is 1.05. The predicted octanol–water partition coefficient (Wildman–Crippen LogP) is 3.17. The molecule has 0 spiro atoms. The molecule has 3 nitrogen and oxygen atoms in total. The Labute approximate surface area is 115 Å². The van der Waals surface area contributed by atoms with E-state index >= 15 is 0 Å². The van der Waals surface area contributed by atoms with Crippen LogP contribution in [0, 0.1) is 0 Å². The van der Waals surface area contributed by atoms with Crippen LogP contribution in [0.1, 0.15) is 28.4 Å². The van der Waals surface area contributed by atoms with Gasteiger partial charge < -0.3 is 10.1 Å². The SMILES string of the molecule is c1csc(COCc2csc(CNC3CC3)n2)c1. The first-order valence-electron chi connectivity index (χ1n) is 6.17. The highest BCUT2D eigenvalue weighted by molar-refractivity contribution is 7.10. The second-order valence-corrected chi connectivity index (χ2v) is 6.43.